The summed E-state index contributed by atoms with van der Waals surface area (Å²) in [6.07, 6.45) is 3.34. The molecule has 2 aromatic rings. The second kappa shape index (κ2) is 10.0. The molecular formula is C25H35N5O2. The number of nitrogens with zero attached hydrogens (tertiary/aromatic N) is 1. The Balaban J connectivity index is 1.95. The second-order valence-corrected chi connectivity index (χ2v) is 8.67. The quantitative estimate of drug-likeness (QED) is 0.301. The van der Waals surface area contributed by atoms with Crippen LogP contribution in [-0.2, 0) is 16.8 Å². The highest BCUT2D eigenvalue weighted by molar-refractivity contribution is 5.95. The first-order valence-corrected chi connectivity index (χ1v) is 11.3. The van der Waals surface area contributed by atoms with E-state index in [2.05, 4.69) is 35.6 Å². The number of benzene rings is 2. The molecule has 0 aromatic heterocycles. The van der Waals surface area contributed by atoms with E-state index in [1.165, 1.54) is 0 Å². The van der Waals surface area contributed by atoms with Gasteiger partial charge in [-0.2, -0.15) is 0 Å². The first kappa shape index (κ1) is 23.6. The molecule has 0 spiro atoms. The van der Waals surface area contributed by atoms with Crippen LogP contribution in [0, 0.1) is 5.41 Å². The van der Waals surface area contributed by atoms with Gasteiger partial charge in [0.15, 0.2) is 5.54 Å². The Morgan fingerprint density at radius 2 is 1.81 bits per heavy atom. The van der Waals surface area contributed by atoms with Crippen molar-refractivity contribution in [3.05, 3.63) is 59.2 Å². The van der Waals surface area contributed by atoms with E-state index in [0.717, 1.165) is 49.2 Å². The minimum atomic E-state index is -1.27. The van der Waals surface area contributed by atoms with Crippen molar-refractivity contribution in [1.29, 1.82) is 5.41 Å². The van der Waals surface area contributed by atoms with Crippen molar-refractivity contribution < 1.29 is 9.90 Å². The highest BCUT2D eigenvalue weighted by Gasteiger charge is 2.39. The van der Waals surface area contributed by atoms with E-state index in [1.54, 1.807) is 24.3 Å². The molecular weight excluding hydrogens is 402 g/mol. The largest absolute Gasteiger partial charge is 0.479 e. The van der Waals surface area contributed by atoms with Crippen LogP contribution in [0.3, 0.4) is 0 Å². The monoisotopic (exact) mass is 437 g/mol. The number of aliphatic carboxylic acids is 1. The third kappa shape index (κ3) is 5.22. The molecule has 1 heterocycles. The summed E-state index contributed by atoms with van der Waals surface area (Å²) in [4.78, 5) is 15.0. The standard InChI is InChI=1S/C25H35N5O2/c1-4-17-14-19(16-22(15-17)28-20-10-12-30(3)13-11-20)25(5-2,24(31)32)29-21-8-6-18(7-9-21)23(26)27/h6-9,14-16,20,28-29H,4-5,10-13H2,1-3H3,(H3,26,27)(H,31,32). The average molecular weight is 438 g/mol. The lowest BCUT2D eigenvalue weighted by Crippen LogP contribution is -2.43. The Labute approximate surface area is 190 Å². The minimum absolute atomic E-state index is 0.0168. The third-order valence-electron chi connectivity index (χ3n) is 6.43. The van der Waals surface area contributed by atoms with Crippen LogP contribution in [0.25, 0.3) is 0 Å². The van der Waals surface area contributed by atoms with Crippen molar-refractivity contribution in [2.24, 2.45) is 5.73 Å². The number of nitrogens with two attached hydrogens (primary N) is 1. The molecule has 2 aromatic carbocycles. The summed E-state index contributed by atoms with van der Waals surface area (Å²) in [7, 11) is 2.14. The fourth-order valence-electron chi connectivity index (χ4n) is 4.29. The van der Waals surface area contributed by atoms with Gasteiger partial charge in [0, 0.05) is 23.0 Å². The van der Waals surface area contributed by atoms with Crippen LogP contribution < -0.4 is 16.4 Å². The van der Waals surface area contributed by atoms with Gasteiger partial charge in [-0.25, -0.2) is 4.79 Å². The summed E-state index contributed by atoms with van der Waals surface area (Å²) in [5.74, 6) is -0.939. The summed E-state index contributed by atoms with van der Waals surface area (Å²) >= 11 is 0. The third-order valence-corrected chi connectivity index (χ3v) is 6.43. The molecule has 0 aliphatic carbocycles. The summed E-state index contributed by atoms with van der Waals surface area (Å²) in [6.45, 7) is 6.09. The molecule has 3 rings (SSSR count). The SMILES string of the molecule is CCc1cc(NC2CCN(C)CC2)cc(C(CC)(Nc2ccc(C(=N)N)cc2)C(=O)O)c1. The molecule has 0 radical (unpaired) electrons. The molecule has 7 nitrogen and oxygen atoms in total. The van der Waals surface area contributed by atoms with Gasteiger partial charge in [0.1, 0.15) is 5.84 Å². The van der Waals surface area contributed by atoms with Crippen LogP contribution in [0.1, 0.15) is 49.8 Å². The molecule has 1 fully saturated rings. The van der Waals surface area contributed by atoms with Crippen LogP contribution >= 0.6 is 0 Å². The lowest BCUT2D eigenvalue weighted by molar-refractivity contribution is -0.142. The molecule has 0 bridgehead atoms. The molecule has 1 unspecified atom stereocenters. The van der Waals surface area contributed by atoms with Gasteiger partial charge in [0.05, 0.1) is 0 Å². The Bertz CT molecular complexity index is 951. The summed E-state index contributed by atoms with van der Waals surface area (Å²) in [5, 5.41) is 24.8. The molecule has 1 atom stereocenters. The Kier molecular flexibility index (Phi) is 7.40. The van der Waals surface area contributed by atoms with Crippen molar-refractivity contribution in [3.8, 4) is 0 Å². The predicted octanol–water partition coefficient (Wildman–Crippen LogP) is 3.84. The van der Waals surface area contributed by atoms with Gasteiger partial charge in [-0.05, 0) is 93.3 Å². The number of likely N-dealkylation sites (tertiary alicyclic amines) is 1. The van der Waals surface area contributed by atoms with E-state index in [0.29, 0.717) is 23.7 Å². The molecule has 0 amide bonds. The van der Waals surface area contributed by atoms with Gasteiger partial charge in [-0.15, -0.1) is 0 Å². The number of rotatable bonds is 9. The number of carbonyl (C=O) groups is 1. The zero-order valence-corrected chi connectivity index (χ0v) is 19.2. The number of carboxylic acids is 1. The lowest BCUT2D eigenvalue weighted by atomic mass is 9.85. The minimum Gasteiger partial charge on any atom is -0.479 e. The van der Waals surface area contributed by atoms with Gasteiger partial charge in [0.2, 0.25) is 0 Å². The predicted molar refractivity (Wildman–Crippen MR) is 131 cm³/mol. The number of anilines is 2. The molecule has 1 aliphatic rings. The zero-order chi connectivity index (χ0) is 23.3. The summed E-state index contributed by atoms with van der Waals surface area (Å²) in [6, 6.07) is 13.5. The second-order valence-electron chi connectivity index (χ2n) is 8.67. The molecule has 7 heteroatoms. The van der Waals surface area contributed by atoms with Crippen molar-refractivity contribution in [2.75, 3.05) is 30.8 Å². The molecule has 0 saturated carbocycles. The number of aryl methyl sites for hydroxylation is 1. The first-order chi connectivity index (χ1) is 15.3. The normalized spacial score (nSPS) is 16.8. The van der Waals surface area contributed by atoms with E-state index in [-0.39, 0.29) is 5.84 Å². The van der Waals surface area contributed by atoms with Gasteiger partial charge < -0.3 is 26.4 Å². The summed E-state index contributed by atoms with van der Waals surface area (Å²) < 4.78 is 0. The van der Waals surface area contributed by atoms with Gasteiger partial charge in [-0.3, -0.25) is 5.41 Å². The van der Waals surface area contributed by atoms with Crippen molar-refractivity contribution in [2.45, 2.75) is 51.1 Å². The van der Waals surface area contributed by atoms with E-state index in [9.17, 15) is 9.90 Å². The van der Waals surface area contributed by atoms with Crippen molar-refractivity contribution in [3.63, 3.8) is 0 Å². The highest BCUT2D eigenvalue weighted by Crippen LogP contribution is 2.34. The molecule has 172 valence electrons. The molecule has 6 N–H and O–H groups in total. The Morgan fingerprint density at radius 3 is 2.34 bits per heavy atom. The van der Waals surface area contributed by atoms with Crippen molar-refractivity contribution in [1.82, 2.24) is 4.90 Å². The fourth-order valence-corrected chi connectivity index (χ4v) is 4.29. The van der Waals surface area contributed by atoms with Crippen LogP contribution in [0.15, 0.2) is 42.5 Å². The zero-order valence-electron chi connectivity index (χ0n) is 19.2. The maximum Gasteiger partial charge on any atom is 0.334 e. The van der Waals surface area contributed by atoms with Gasteiger partial charge in [0.25, 0.3) is 0 Å². The maximum atomic E-state index is 12.6. The Hall–Kier alpha value is -3.06. The number of nitrogen functional groups attached to an aromatic ring is 1. The van der Waals surface area contributed by atoms with E-state index >= 15 is 0 Å². The van der Waals surface area contributed by atoms with E-state index in [4.69, 9.17) is 11.1 Å². The van der Waals surface area contributed by atoms with Gasteiger partial charge >= 0.3 is 5.97 Å². The van der Waals surface area contributed by atoms with E-state index < -0.39 is 11.5 Å². The number of piperidine rings is 1. The van der Waals surface area contributed by atoms with Crippen LogP contribution in [0.4, 0.5) is 11.4 Å². The highest BCUT2D eigenvalue weighted by atomic mass is 16.4. The molecule has 1 saturated heterocycles. The summed E-state index contributed by atoms with van der Waals surface area (Å²) in [5.41, 5.74) is 8.36. The lowest BCUT2D eigenvalue weighted by Gasteiger charge is -2.33. The smallest absolute Gasteiger partial charge is 0.334 e. The van der Waals surface area contributed by atoms with Gasteiger partial charge in [-0.1, -0.05) is 19.9 Å². The molecule has 32 heavy (non-hydrogen) atoms. The number of amidine groups is 1. The van der Waals surface area contributed by atoms with Crippen LogP contribution in [-0.4, -0.2) is 48.0 Å². The topological polar surface area (TPSA) is 114 Å². The number of carboxylic acid groups (broad SMARTS) is 1. The van der Waals surface area contributed by atoms with Crippen LogP contribution in [0.5, 0.6) is 0 Å². The number of hydrogen-bond donors (Lipinski definition) is 5. The average Bonchev–Trinajstić information content (AvgIpc) is 2.78. The van der Waals surface area contributed by atoms with Crippen molar-refractivity contribution >= 4 is 23.2 Å². The number of hydrogen-bond acceptors (Lipinski definition) is 5. The maximum absolute atomic E-state index is 12.6. The fraction of sp³-hybridized carbons (Fsp3) is 0.440. The number of nitrogens with one attached hydrogen (secondary N) is 3. The Morgan fingerprint density at radius 1 is 1.16 bits per heavy atom. The first-order valence-electron chi connectivity index (χ1n) is 11.3. The van der Waals surface area contributed by atoms with Crippen LogP contribution in [0.2, 0.25) is 0 Å². The molecule has 1 aliphatic heterocycles. The van der Waals surface area contributed by atoms with E-state index in [1.807, 2.05) is 19.1 Å².